The van der Waals surface area contributed by atoms with Crippen molar-refractivity contribution < 1.29 is 0 Å². The predicted octanol–water partition coefficient (Wildman–Crippen LogP) is 2.89. The third-order valence-electron chi connectivity index (χ3n) is 2.54. The van der Waals surface area contributed by atoms with Crippen molar-refractivity contribution in [2.75, 3.05) is 5.73 Å². The fraction of sp³-hybridized carbons (Fsp3) is 0.0909. The molecule has 0 aliphatic rings. The van der Waals surface area contributed by atoms with Gasteiger partial charge in [0.25, 0.3) is 0 Å². The van der Waals surface area contributed by atoms with Gasteiger partial charge in [-0.15, -0.1) is 11.3 Å². The summed E-state index contributed by atoms with van der Waals surface area (Å²) in [4.78, 5) is 9.57. The molecule has 17 heavy (non-hydrogen) atoms. The number of fused-ring (bicyclic) bond motifs is 1. The third kappa shape index (κ3) is 1.94. The fourth-order valence-corrected chi connectivity index (χ4v) is 2.69. The molecule has 3 aromatic rings. The summed E-state index contributed by atoms with van der Waals surface area (Å²) < 4.78 is 3.02. The molecule has 0 saturated carbocycles. The van der Waals surface area contributed by atoms with Crippen molar-refractivity contribution in [1.29, 1.82) is 0 Å². The molecule has 0 saturated heterocycles. The van der Waals surface area contributed by atoms with Gasteiger partial charge in [0.15, 0.2) is 0 Å². The van der Waals surface area contributed by atoms with E-state index in [1.54, 1.807) is 11.3 Å². The van der Waals surface area contributed by atoms with Gasteiger partial charge in [-0.1, -0.05) is 15.9 Å². The zero-order chi connectivity index (χ0) is 11.8. The molecular weight excluding hydrogens is 300 g/mol. The van der Waals surface area contributed by atoms with Gasteiger partial charge in [0.1, 0.15) is 0 Å². The first-order valence-electron chi connectivity index (χ1n) is 5.02. The van der Waals surface area contributed by atoms with E-state index < -0.39 is 0 Å². The van der Waals surface area contributed by atoms with E-state index in [4.69, 9.17) is 5.73 Å². The minimum atomic E-state index is 0.534. The first-order chi connectivity index (χ1) is 8.24. The average Bonchev–Trinajstić information content (AvgIpc) is 2.90. The van der Waals surface area contributed by atoms with Crippen molar-refractivity contribution in [2.45, 2.75) is 6.54 Å². The monoisotopic (exact) mass is 308 g/mol. The van der Waals surface area contributed by atoms with Crippen LogP contribution in [0.25, 0.3) is 11.0 Å². The number of halogens is 1. The van der Waals surface area contributed by atoms with Gasteiger partial charge >= 0.3 is 0 Å². The molecule has 0 atom stereocenters. The highest BCUT2D eigenvalue weighted by Crippen LogP contribution is 2.23. The minimum Gasteiger partial charge on any atom is -0.369 e. The Labute approximate surface area is 110 Å². The Hall–Kier alpha value is -1.40. The van der Waals surface area contributed by atoms with Crippen molar-refractivity contribution in [3.63, 3.8) is 0 Å². The number of rotatable bonds is 2. The summed E-state index contributed by atoms with van der Waals surface area (Å²) in [5, 5.41) is 0. The summed E-state index contributed by atoms with van der Waals surface area (Å²) in [6.07, 6.45) is 1.86. The number of hydrogen-bond donors (Lipinski definition) is 1. The average molecular weight is 309 g/mol. The van der Waals surface area contributed by atoms with Crippen molar-refractivity contribution in [1.82, 2.24) is 14.5 Å². The van der Waals surface area contributed by atoms with E-state index in [1.807, 2.05) is 34.5 Å². The van der Waals surface area contributed by atoms with E-state index in [0.717, 1.165) is 20.4 Å². The van der Waals surface area contributed by atoms with Crippen LogP contribution in [-0.2, 0) is 6.54 Å². The van der Waals surface area contributed by atoms with Crippen LogP contribution in [0.2, 0.25) is 0 Å². The number of thiazole rings is 1. The summed E-state index contributed by atoms with van der Waals surface area (Å²) >= 11 is 5.08. The van der Waals surface area contributed by atoms with E-state index in [2.05, 4.69) is 25.9 Å². The highest BCUT2D eigenvalue weighted by molar-refractivity contribution is 9.10. The first kappa shape index (κ1) is 10.7. The maximum atomic E-state index is 5.94. The minimum absolute atomic E-state index is 0.534. The van der Waals surface area contributed by atoms with E-state index in [0.29, 0.717) is 12.5 Å². The van der Waals surface area contributed by atoms with Crippen LogP contribution in [0.5, 0.6) is 0 Å². The Kier molecular flexibility index (Phi) is 2.60. The molecule has 0 spiro atoms. The number of hydrogen-bond acceptors (Lipinski definition) is 4. The van der Waals surface area contributed by atoms with E-state index in [9.17, 15) is 0 Å². The van der Waals surface area contributed by atoms with Gasteiger partial charge in [-0.05, 0) is 18.2 Å². The molecule has 2 aromatic heterocycles. The first-order valence-corrected chi connectivity index (χ1v) is 6.70. The second-order valence-corrected chi connectivity index (χ2v) is 5.54. The van der Waals surface area contributed by atoms with Crippen molar-refractivity contribution in [3.05, 3.63) is 39.3 Å². The molecule has 2 heterocycles. The van der Waals surface area contributed by atoms with Crippen molar-refractivity contribution in [3.8, 4) is 0 Å². The molecular formula is C11H9BrN4S. The number of anilines is 1. The van der Waals surface area contributed by atoms with E-state index in [-0.39, 0.29) is 0 Å². The molecule has 6 heteroatoms. The molecule has 0 aliphatic carbocycles. The summed E-state index contributed by atoms with van der Waals surface area (Å²) in [7, 11) is 0. The maximum absolute atomic E-state index is 5.94. The lowest BCUT2D eigenvalue weighted by Crippen LogP contribution is -2.03. The molecule has 3 rings (SSSR count). The topological polar surface area (TPSA) is 56.7 Å². The standard InChI is InChI=1S/C11H9BrN4S/c12-7-1-2-9-10(3-7)16(11(13)15-9)5-8-4-14-6-17-8/h1-4,6H,5H2,(H2,13,15). The molecule has 86 valence electrons. The molecule has 0 amide bonds. The van der Waals surface area contributed by atoms with Gasteiger partial charge in [0.05, 0.1) is 23.1 Å². The zero-order valence-electron chi connectivity index (χ0n) is 8.80. The SMILES string of the molecule is Nc1nc2ccc(Br)cc2n1Cc1cncs1. The Bertz CT molecular complexity index is 659. The molecule has 1 aromatic carbocycles. The van der Waals surface area contributed by atoms with Crippen LogP contribution in [0.1, 0.15) is 4.88 Å². The quantitative estimate of drug-likeness (QED) is 0.792. The summed E-state index contributed by atoms with van der Waals surface area (Å²) in [6, 6.07) is 5.95. The molecule has 0 fully saturated rings. The number of imidazole rings is 1. The van der Waals surface area contributed by atoms with Gasteiger partial charge in [0, 0.05) is 15.5 Å². The third-order valence-corrected chi connectivity index (χ3v) is 3.79. The molecule has 0 aliphatic heterocycles. The lowest BCUT2D eigenvalue weighted by molar-refractivity contribution is 0.850. The summed E-state index contributed by atoms with van der Waals surface area (Å²) in [5.74, 6) is 0.534. The summed E-state index contributed by atoms with van der Waals surface area (Å²) in [6.45, 7) is 0.712. The Morgan fingerprint density at radius 1 is 1.41 bits per heavy atom. The highest BCUT2D eigenvalue weighted by atomic mass is 79.9. The summed E-state index contributed by atoms with van der Waals surface area (Å²) in [5.41, 5.74) is 9.71. The Morgan fingerprint density at radius 3 is 3.06 bits per heavy atom. The van der Waals surface area contributed by atoms with Crippen LogP contribution < -0.4 is 5.73 Å². The number of benzene rings is 1. The van der Waals surface area contributed by atoms with Gasteiger partial charge in [-0.2, -0.15) is 0 Å². The van der Waals surface area contributed by atoms with Gasteiger partial charge in [-0.3, -0.25) is 4.98 Å². The van der Waals surface area contributed by atoms with Gasteiger partial charge in [-0.25, -0.2) is 4.98 Å². The lowest BCUT2D eigenvalue weighted by Gasteiger charge is -2.04. The van der Waals surface area contributed by atoms with Gasteiger partial charge < -0.3 is 10.3 Å². The predicted molar refractivity (Wildman–Crippen MR) is 73.1 cm³/mol. The van der Waals surface area contributed by atoms with Crippen LogP contribution in [0.15, 0.2) is 34.4 Å². The molecule has 2 N–H and O–H groups in total. The number of nitrogen functional groups attached to an aromatic ring is 1. The van der Waals surface area contributed by atoms with Crippen LogP contribution in [0, 0.1) is 0 Å². The van der Waals surface area contributed by atoms with Crippen LogP contribution in [0.3, 0.4) is 0 Å². The smallest absolute Gasteiger partial charge is 0.201 e. The van der Waals surface area contributed by atoms with Gasteiger partial charge in [0.2, 0.25) is 5.95 Å². The Morgan fingerprint density at radius 2 is 2.29 bits per heavy atom. The van der Waals surface area contributed by atoms with Crippen LogP contribution in [-0.4, -0.2) is 14.5 Å². The zero-order valence-corrected chi connectivity index (χ0v) is 11.2. The lowest BCUT2D eigenvalue weighted by atomic mass is 10.3. The largest absolute Gasteiger partial charge is 0.369 e. The second-order valence-electron chi connectivity index (χ2n) is 3.66. The Balaban J connectivity index is 2.14. The van der Waals surface area contributed by atoms with E-state index >= 15 is 0 Å². The molecule has 0 radical (unpaired) electrons. The maximum Gasteiger partial charge on any atom is 0.201 e. The highest BCUT2D eigenvalue weighted by Gasteiger charge is 2.09. The fourth-order valence-electron chi connectivity index (χ4n) is 1.76. The van der Waals surface area contributed by atoms with Crippen molar-refractivity contribution >= 4 is 44.2 Å². The second kappa shape index (κ2) is 4.12. The number of aromatic nitrogens is 3. The van der Waals surface area contributed by atoms with Crippen LogP contribution in [0.4, 0.5) is 5.95 Å². The molecule has 4 nitrogen and oxygen atoms in total. The molecule has 0 bridgehead atoms. The molecule has 0 unspecified atom stereocenters. The number of nitrogens with zero attached hydrogens (tertiary/aromatic N) is 3. The van der Waals surface area contributed by atoms with Crippen molar-refractivity contribution in [2.24, 2.45) is 0 Å². The van der Waals surface area contributed by atoms with Crippen LogP contribution >= 0.6 is 27.3 Å². The normalized spacial score (nSPS) is 11.1. The van der Waals surface area contributed by atoms with E-state index in [1.165, 1.54) is 0 Å². The number of nitrogens with two attached hydrogens (primary N) is 1.